The van der Waals surface area contributed by atoms with E-state index >= 15 is 0 Å². The Bertz CT molecular complexity index is 357. The third-order valence-electron chi connectivity index (χ3n) is 3.15. The van der Waals surface area contributed by atoms with Gasteiger partial charge in [-0.25, -0.2) is 11.0 Å². The van der Waals surface area contributed by atoms with Gasteiger partial charge in [0.15, 0.2) is 0 Å². The summed E-state index contributed by atoms with van der Waals surface area (Å²) in [5.41, 5.74) is 1.16. The largest absolute Gasteiger partial charge is 0.316 e. The van der Waals surface area contributed by atoms with E-state index in [-0.39, 0.29) is 11.2 Å². The minimum Gasteiger partial charge on any atom is -0.316 e. The first-order valence-corrected chi connectivity index (χ1v) is 4.86. The summed E-state index contributed by atoms with van der Waals surface area (Å²) in [7, 11) is 0. The van der Waals surface area contributed by atoms with Crippen LogP contribution in [-0.4, -0.2) is 6.54 Å². The van der Waals surface area contributed by atoms with Crippen LogP contribution in [0.5, 0.6) is 0 Å². The molecule has 1 aromatic rings. The van der Waals surface area contributed by atoms with Crippen LogP contribution in [0.2, 0.25) is 0 Å². The Balaban J connectivity index is 2.28. The molecule has 1 fully saturated rings. The molecule has 0 aromatic heterocycles. The molecule has 2 heteroatoms. The fourth-order valence-corrected chi connectivity index (χ4v) is 2.10. The Hall–Kier alpha value is -1.36. The fraction of sp³-hybridized carbons (Fsp3) is 0.417. The average Bonchev–Trinajstić information content (AvgIpc) is 2.13. The summed E-state index contributed by atoms with van der Waals surface area (Å²) >= 11 is 0. The van der Waals surface area contributed by atoms with Gasteiger partial charge in [-0.2, -0.15) is 0 Å². The van der Waals surface area contributed by atoms with Crippen molar-refractivity contribution in [2.75, 3.05) is 6.54 Å². The van der Waals surface area contributed by atoms with Gasteiger partial charge in [0, 0.05) is 0 Å². The Morgan fingerprint density at radius 1 is 1.29 bits per heavy atom. The molecule has 1 aliphatic rings. The first kappa shape index (κ1) is 9.21. The van der Waals surface area contributed by atoms with Crippen molar-refractivity contribution in [3.05, 3.63) is 47.1 Å². The van der Waals surface area contributed by atoms with E-state index in [1.54, 1.807) is 0 Å². The van der Waals surface area contributed by atoms with Gasteiger partial charge in [-0.3, -0.25) is 0 Å². The van der Waals surface area contributed by atoms with E-state index in [2.05, 4.69) is 4.85 Å². The SMILES string of the molecule is [C-]#[N+]CC1(c2ccc(F)cc2)CCC1. The Morgan fingerprint density at radius 3 is 2.36 bits per heavy atom. The van der Waals surface area contributed by atoms with Gasteiger partial charge < -0.3 is 4.85 Å². The summed E-state index contributed by atoms with van der Waals surface area (Å²) in [5.74, 6) is -0.203. The minimum atomic E-state index is -0.203. The molecule has 1 saturated carbocycles. The van der Waals surface area contributed by atoms with E-state index < -0.39 is 0 Å². The van der Waals surface area contributed by atoms with Crippen molar-refractivity contribution in [1.82, 2.24) is 0 Å². The number of rotatable bonds is 2. The van der Waals surface area contributed by atoms with Gasteiger partial charge in [0.25, 0.3) is 0 Å². The molecule has 0 spiro atoms. The van der Waals surface area contributed by atoms with Crippen LogP contribution in [0, 0.1) is 12.4 Å². The zero-order chi connectivity index (χ0) is 10.0. The van der Waals surface area contributed by atoms with Gasteiger partial charge in [0.05, 0.1) is 5.41 Å². The van der Waals surface area contributed by atoms with Gasteiger partial charge in [0.1, 0.15) is 5.82 Å². The molecule has 0 atom stereocenters. The maximum Gasteiger partial charge on any atom is 0.224 e. The Morgan fingerprint density at radius 2 is 1.93 bits per heavy atom. The molecule has 0 aliphatic heterocycles. The fourth-order valence-electron chi connectivity index (χ4n) is 2.10. The second kappa shape index (κ2) is 3.42. The molecule has 0 heterocycles. The number of hydrogen-bond donors (Lipinski definition) is 0. The quantitative estimate of drug-likeness (QED) is 0.629. The molecule has 0 N–H and O–H groups in total. The number of benzene rings is 1. The summed E-state index contributed by atoms with van der Waals surface area (Å²) in [6.07, 6.45) is 3.33. The third-order valence-corrected chi connectivity index (χ3v) is 3.15. The lowest BCUT2D eigenvalue weighted by molar-refractivity contribution is 0.266. The minimum absolute atomic E-state index is 0.0372. The molecular weight excluding hydrogens is 177 g/mol. The smallest absolute Gasteiger partial charge is 0.224 e. The monoisotopic (exact) mass is 189 g/mol. The predicted molar refractivity (Wildman–Crippen MR) is 53.4 cm³/mol. The molecule has 14 heavy (non-hydrogen) atoms. The van der Waals surface area contributed by atoms with Crippen LogP contribution < -0.4 is 0 Å². The van der Waals surface area contributed by atoms with Crippen molar-refractivity contribution in [2.45, 2.75) is 24.7 Å². The normalized spacial score (nSPS) is 18.3. The van der Waals surface area contributed by atoms with Gasteiger partial charge >= 0.3 is 0 Å². The zero-order valence-corrected chi connectivity index (χ0v) is 7.96. The summed E-state index contributed by atoms with van der Waals surface area (Å²) < 4.78 is 12.7. The van der Waals surface area contributed by atoms with Crippen molar-refractivity contribution in [3.8, 4) is 0 Å². The van der Waals surface area contributed by atoms with E-state index in [9.17, 15) is 4.39 Å². The zero-order valence-electron chi connectivity index (χ0n) is 7.96. The van der Waals surface area contributed by atoms with E-state index in [1.165, 1.54) is 18.6 Å². The standard InChI is InChI=1S/C12H12FN/c1-14-9-12(7-2-8-12)10-3-5-11(13)6-4-10/h3-6H,2,7-9H2. The van der Waals surface area contributed by atoms with Crippen molar-refractivity contribution < 1.29 is 4.39 Å². The number of nitrogens with zero attached hydrogens (tertiary/aromatic N) is 1. The molecule has 0 radical (unpaired) electrons. The van der Waals surface area contributed by atoms with Crippen LogP contribution in [0.1, 0.15) is 24.8 Å². The van der Waals surface area contributed by atoms with Crippen LogP contribution in [0.15, 0.2) is 24.3 Å². The molecular formula is C12H12FN. The van der Waals surface area contributed by atoms with Gasteiger partial charge in [-0.1, -0.05) is 18.6 Å². The lowest BCUT2D eigenvalue weighted by Crippen LogP contribution is -2.36. The molecule has 0 amide bonds. The molecule has 0 bridgehead atoms. The summed E-state index contributed by atoms with van der Waals surface area (Å²) in [6.45, 7) is 7.48. The molecule has 72 valence electrons. The highest BCUT2D eigenvalue weighted by Crippen LogP contribution is 2.43. The van der Waals surface area contributed by atoms with E-state index in [0.29, 0.717) is 6.54 Å². The van der Waals surface area contributed by atoms with Crippen molar-refractivity contribution >= 4 is 0 Å². The van der Waals surface area contributed by atoms with Crippen molar-refractivity contribution in [3.63, 3.8) is 0 Å². The number of halogens is 1. The van der Waals surface area contributed by atoms with Crippen LogP contribution in [0.4, 0.5) is 4.39 Å². The first-order chi connectivity index (χ1) is 6.77. The number of hydrogen-bond acceptors (Lipinski definition) is 0. The molecule has 1 aliphatic carbocycles. The van der Waals surface area contributed by atoms with Crippen molar-refractivity contribution in [2.24, 2.45) is 0 Å². The maximum absolute atomic E-state index is 12.7. The maximum atomic E-state index is 12.7. The summed E-state index contributed by atoms with van der Waals surface area (Å²) in [6, 6.07) is 6.61. The van der Waals surface area contributed by atoms with Crippen LogP contribution in [0.25, 0.3) is 4.85 Å². The average molecular weight is 189 g/mol. The Labute approximate surface area is 83.4 Å². The molecule has 2 rings (SSSR count). The van der Waals surface area contributed by atoms with E-state index in [4.69, 9.17) is 6.57 Å². The first-order valence-electron chi connectivity index (χ1n) is 4.86. The highest BCUT2D eigenvalue weighted by molar-refractivity contribution is 5.29. The van der Waals surface area contributed by atoms with E-state index in [1.807, 2.05) is 12.1 Å². The van der Waals surface area contributed by atoms with E-state index in [0.717, 1.165) is 18.4 Å². The summed E-state index contributed by atoms with van der Waals surface area (Å²) in [5, 5.41) is 0. The highest BCUT2D eigenvalue weighted by Gasteiger charge is 2.41. The van der Waals surface area contributed by atoms with Crippen LogP contribution >= 0.6 is 0 Å². The molecule has 1 nitrogen and oxygen atoms in total. The molecule has 0 unspecified atom stereocenters. The third kappa shape index (κ3) is 1.39. The molecule has 0 saturated heterocycles. The predicted octanol–water partition coefficient (Wildman–Crippen LogP) is 3.17. The summed E-state index contributed by atoms with van der Waals surface area (Å²) in [4.78, 5) is 3.48. The molecule has 1 aromatic carbocycles. The topological polar surface area (TPSA) is 4.36 Å². The lowest BCUT2D eigenvalue weighted by Gasteiger charge is -2.37. The van der Waals surface area contributed by atoms with Crippen molar-refractivity contribution in [1.29, 1.82) is 0 Å². The van der Waals surface area contributed by atoms with Gasteiger partial charge in [0.2, 0.25) is 6.54 Å². The lowest BCUT2D eigenvalue weighted by atomic mass is 9.64. The second-order valence-corrected chi connectivity index (χ2v) is 3.96. The second-order valence-electron chi connectivity index (χ2n) is 3.96. The van der Waals surface area contributed by atoms with Gasteiger partial charge in [-0.05, 0) is 30.5 Å². The van der Waals surface area contributed by atoms with Gasteiger partial charge in [-0.15, -0.1) is 0 Å². The highest BCUT2D eigenvalue weighted by atomic mass is 19.1. The van der Waals surface area contributed by atoms with Crippen LogP contribution in [0.3, 0.4) is 0 Å². The Kier molecular flexibility index (Phi) is 2.25. The van der Waals surface area contributed by atoms with Crippen LogP contribution in [-0.2, 0) is 5.41 Å².